The molecule has 104 valence electrons. The zero-order chi connectivity index (χ0) is 14.4. The molecule has 2 bridgehead atoms. The van der Waals surface area contributed by atoms with Gasteiger partial charge in [-0.15, -0.1) is 0 Å². The van der Waals surface area contributed by atoms with Crippen molar-refractivity contribution in [3.8, 4) is 5.75 Å². The lowest BCUT2D eigenvalue weighted by Crippen LogP contribution is -2.52. The number of hydrogen-bond donors (Lipinski definition) is 2. The number of carbonyl (C=O) groups excluding carboxylic acids is 2. The van der Waals surface area contributed by atoms with Crippen molar-refractivity contribution in [3.05, 3.63) is 23.8 Å². The summed E-state index contributed by atoms with van der Waals surface area (Å²) in [6.07, 6.45) is -0.298. The number of imide groups is 1. The van der Waals surface area contributed by atoms with Gasteiger partial charge >= 0.3 is 5.97 Å². The van der Waals surface area contributed by atoms with Gasteiger partial charge in [-0.2, -0.15) is 0 Å². The number of hydrogen-bond acceptors (Lipinski definition) is 5. The van der Waals surface area contributed by atoms with Gasteiger partial charge in [0.1, 0.15) is 23.5 Å². The van der Waals surface area contributed by atoms with E-state index in [1.54, 1.807) is 0 Å². The molecule has 2 aliphatic rings. The van der Waals surface area contributed by atoms with Gasteiger partial charge in [-0.3, -0.25) is 9.59 Å². The number of benzene rings is 1. The van der Waals surface area contributed by atoms with Gasteiger partial charge in [0.2, 0.25) is 0 Å². The summed E-state index contributed by atoms with van der Waals surface area (Å²) >= 11 is 0. The number of carboxylic acid groups (broad SMARTS) is 1. The first kappa shape index (κ1) is 12.6. The Bertz CT molecular complexity index is 603. The highest BCUT2D eigenvalue weighted by Crippen LogP contribution is 2.33. The van der Waals surface area contributed by atoms with E-state index in [-0.39, 0.29) is 11.3 Å². The summed E-state index contributed by atoms with van der Waals surface area (Å²) < 4.78 is 5.27. The van der Waals surface area contributed by atoms with Crippen molar-refractivity contribution in [2.75, 3.05) is 4.90 Å². The fourth-order valence-electron chi connectivity index (χ4n) is 2.49. The SMILES string of the molecule is O=C(O)c1ccc(N2C(=O)C3CCC(O3)C2=O)cc1O. The molecule has 0 aliphatic carbocycles. The van der Waals surface area contributed by atoms with Crippen molar-refractivity contribution < 1.29 is 29.3 Å². The number of carboxylic acids is 1. The highest BCUT2D eigenvalue weighted by atomic mass is 16.5. The fourth-order valence-corrected chi connectivity index (χ4v) is 2.49. The number of phenols is 1. The van der Waals surface area contributed by atoms with Crippen LogP contribution in [0.5, 0.6) is 5.75 Å². The Morgan fingerprint density at radius 3 is 2.30 bits per heavy atom. The van der Waals surface area contributed by atoms with Gasteiger partial charge in [-0.1, -0.05) is 0 Å². The molecule has 0 aromatic heterocycles. The number of ether oxygens (including phenoxy) is 1. The molecular weight excluding hydrogens is 266 g/mol. The molecule has 2 fully saturated rings. The van der Waals surface area contributed by atoms with E-state index in [2.05, 4.69) is 0 Å². The predicted molar refractivity (Wildman–Crippen MR) is 65.5 cm³/mol. The monoisotopic (exact) mass is 277 g/mol. The zero-order valence-electron chi connectivity index (χ0n) is 10.3. The molecule has 0 saturated carbocycles. The molecule has 0 radical (unpaired) electrons. The van der Waals surface area contributed by atoms with E-state index in [1.165, 1.54) is 6.07 Å². The van der Waals surface area contributed by atoms with Crippen LogP contribution in [-0.4, -0.2) is 40.2 Å². The molecule has 1 aromatic rings. The second-order valence-electron chi connectivity index (χ2n) is 4.71. The standard InChI is InChI=1S/C13H11NO6/c15-8-5-6(1-2-7(8)13(18)19)14-11(16)9-3-4-10(20-9)12(14)17/h1-2,5,9-10,15H,3-4H2,(H,18,19). The van der Waals surface area contributed by atoms with Crippen molar-refractivity contribution in [1.29, 1.82) is 0 Å². The lowest BCUT2D eigenvalue weighted by atomic mass is 10.1. The Hall–Kier alpha value is -2.41. The summed E-state index contributed by atoms with van der Waals surface area (Å²) in [5.41, 5.74) is -0.132. The van der Waals surface area contributed by atoms with Gasteiger partial charge < -0.3 is 14.9 Å². The van der Waals surface area contributed by atoms with E-state index in [4.69, 9.17) is 9.84 Å². The van der Waals surface area contributed by atoms with Crippen LogP contribution in [0.15, 0.2) is 18.2 Å². The van der Waals surface area contributed by atoms with Crippen LogP contribution in [0.3, 0.4) is 0 Å². The fraction of sp³-hybridized carbons (Fsp3) is 0.308. The molecule has 0 spiro atoms. The van der Waals surface area contributed by atoms with Crippen LogP contribution in [0.2, 0.25) is 0 Å². The van der Waals surface area contributed by atoms with Crippen molar-refractivity contribution in [1.82, 2.24) is 0 Å². The van der Waals surface area contributed by atoms with E-state index in [9.17, 15) is 19.5 Å². The summed E-state index contributed by atoms with van der Waals surface area (Å²) in [5, 5.41) is 18.5. The molecule has 2 aliphatic heterocycles. The molecule has 7 nitrogen and oxygen atoms in total. The summed E-state index contributed by atoms with van der Waals surface area (Å²) in [6, 6.07) is 3.58. The number of nitrogens with zero attached hydrogens (tertiary/aromatic N) is 1. The first-order valence-electron chi connectivity index (χ1n) is 6.08. The van der Waals surface area contributed by atoms with Gasteiger partial charge in [0.05, 0.1) is 5.69 Å². The molecular formula is C13H11NO6. The number of carbonyl (C=O) groups is 3. The summed E-state index contributed by atoms with van der Waals surface area (Å²) in [7, 11) is 0. The van der Waals surface area contributed by atoms with Gasteiger partial charge in [0.25, 0.3) is 11.8 Å². The maximum atomic E-state index is 12.1. The molecule has 2 amide bonds. The number of aromatic hydroxyl groups is 1. The third-order valence-corrected chi connectivity index (χ3v) is 3.48. The van der Waals surface area contributed by atoms with Crippen LogP contribution in [0, 0.1) is 0 Å². The first-order chi connectivity index (χ1) is 9.49. The second-order valence-corrected chi connectivity index (χ2v) is 4.71. The molecule has 1 aromatic carbocycles. The molecule has 2 heterocycles. The summed E-state index contributed by atoms with van der Waals surface area (Å²) in [4.78, 5) is 36.0. The number of rotatable bonds is 2. The lowest BCUT2D eigenvalue weighted by Gasteiger charge is -2.29. The van der Waals surface area contributed by atoms with Crippen molar-refractivity contribution >= 4 is 23.5 Å². The quantitative estimate of drug-likeness (QED) is 0.763. The highest BCUT2D eigenvalue weighted by molar-refractivity contribution is 6.20. The van der Waals surface area contributed by atoms with Crippen molar-refractivity contribution in [3.63, 3.8) is 0 Å². The van der Waals surface area contributed by atoms with Gasteiger partial charge in [0.15, 0.2) is 0 Å². The Morgan fingerprint density at radius 2 is 1.80 bits per heavy atom. The van der Waals surface area contributed by atoms with Gasteiger partial charge in [-0.25, -0.2) is 9.69 Å². The van der Waals surface area contributed by atoms with E-state index >= 15 is 0 Å². The maximum Gasteiger partial charge on any atom is 0.339 e. The molecule has 2 atom stereocenters. The van der Waals surface area contributed by atoms with Crippen LogP contribution in [0.4, 0.5) is 5.69 Å². The van der Waals surface area contributed by atoms with Crippen LogP contribution < -0.4 is 4.90 Å². The molecule has 20 heavy (non-hydrogen) atoms. The van der Waals surface area contributed by atoms with Gasteiger partial charge in [0, 0.05) is 6.07 Å². The van der Waals surface area contributed by atoms with E-state index in [1.807, 2.05) is 0 Å². The Morgan fingerprint density at radius 1 is 1.20 bits per heavy atom. The molecule has 7 heteroatoms. The minimum Gasteiger partial charge on any atom is -0.507 e. The number of amides is 2. The Kier molecular flexibility index (Phi) is 2.72. The second kappa shape index (κ2) is 4.31. The smallest absolute Gasteiger partial charge is 0.339 e. The molecule has 3 rings (SSSR count). The lowest BCUT2D eigenvalue weighted by molar-refractivity contribution is -0.146. The molecule has 2 N–H and O–H groups in total. The van der Waals surface area contributed by atoms with E-state index in [0.29, 0.717) is 12.8 Å². The topological polar surface area (TPSA) is 104 Å². The van der Waals surface area contributed by atoms with Crippen LogP contribution >= 0.6 is 0 Å². The predicted octanol–water partition coefficient (Wildman–Crippen LogP) is 0.511. The summed E-state index contributed by atoms with van der Waals surface area (Å²) in [5.74, 6) is -2.74. The number of morpholine rings is 1. The molecule has 2 unspecified atom stereocenters. The van der Waals surface area contributed by atoms with E-state index in [0.717, 1.165) is 17.0 Å². The normalized spacial score (nSPS) is 25.1. The highest BCUT2D eigenvalue weighted by Gasteiger charge is 2.47. The third kappa shape index (κ3) is 1.75. The largest absolute Gasteiger partial charge is 0.507 e. The minimum atomic E-state index is -1.28. The summed E-state index contributed by atoms with van der Waals surface area (Å²) in [6.45, 7) is 0. The van der Waals surface area contributed by atoms with Crippen molar-refractivity contribution in [2.45, 2.75) is 25.0 Å². The van der Waals surface area contributed by atoms with Crippen LogP contribution in [0.25, 0.3) is 0 Å². The number of aromatic carboxylic acids is 1. The average molecular weight is 277 g/mol. The Balaban J connectivity index is 2.00. The first-order valence-corrected chi connectivity index (χ1v) is 6.08. The minimum absolute atomic E-state index is 0.155. The Labute approximate surface area is 113 Å². The maximum absolute atomic E-state index is 12.1. The van der Waals surface area contributed by atoms with Crippen molar-refractivity contribution in [2.24, 2.45) is 0 Å². The van der Waals surface area contributed by atoms with Crippen LogP contribution in [0.1, 0.15) is 23.2 Å². The van der Waals surface area contributed by atoms with Gasteiger partial charge in [-0.05, 0) is 25.0 Å². The third-order valence-electron chi connectivity index (χ3n) is 3.48. The average Bonchev–Trinajstić information content (AvgIpc) is 2.83. The zero-order valence-corrected chi connectivity index (χ0v) is 10.3. The number of anilines is 1. The number of fused-ring (bicyclic) bond motifs is 2. The molecule has 2 saturated heterocycles. The van der Waals surface area contributed by atoms with Crippen LogP contribution in [-0.2, 0) is 14.3 Å². The van der Waals surface area contributed by atoms with E-state index < -0.39 is 35.7 Å².